The van der Waals surface area contributed by atoms with Gasteiger partial charge in [0.05, 0.1) is 25.4 Å². The van der Waals surface area contributed by atoms with E-state index in [2.05, 4.69) is 10.0 Å². The van der Waals surface area contributed by atoms with Crippen molar-refractivity contribution in [2.24, 2.45) is 7.05 Å². The van der Waals surface area contributed by atoms with Crippen molar-refractivity contribution < 1.29 is 36.2 Å². The minimum Gasteiger partial charge on any atom is -0.389 e. The molecule has 1 aliphatic rings. The van der Waals surface area contributed by atoms with Crippen LogP contribution in [0.2, 0.25) is 0 Å². The van der Waals surface area contributed by atoms with Crippen molar-refractivity contribution in [3.05, 3.63) is 47.5 Å². The number of aryl methyl sites for hydroxylation is 1. The first kappa shape index (κ1) is 20.3. The van der Waals surface area contributed by atoms with Crippen LogP contribution in [0.15, 0.2) is 29.3 Å². The molecule has 2 heterocycles. The fourth-order valence-corrected chi connectivity index (χ4v) is 4.08. The number of sulfonamides is 1. The van der Waals surface area contributed by atoms with Crippen LogP contribution in [0.4, 0.5) is 18.9 Å². The molecule has 1 amide bonds. The van der Waals surface area contributed by atoms with Crippen LogP contribution in [0, 0.1) is 17.5 Å². The highest BCUT2D eigenvalue weighted by Crippen LogP contribution is 2.23. The van der Waals surface area contributed by atoms with E-state index < -0.39 is 56.1 Å². The van der Waals surface area contributed by atoms with Crippen molar-refractivity contribution in [3.8, 4) is 0 Å². The van der Waals surface area contributed by atoms with E-state index in [1.807, 2.05) is 0 Å². The van der Waals surface area contributed by atoms with Gasteiger partial charge in [-0.1, -0.05) is 0 Å². The van der Waals surface area contributed by atoms with Crippen LogP contribution in [0.5, 0.6) is 0 Å². The third-order valence-electron chi connectivity index (χ3n) is 4.13. The predicted molar refractivity (Wildman–Crippen MR) is 90.6 cm³/mol. The minimum atomic E-state index is -4.40. The molecule has 12 heteroatoms. The number of ether oxygens (including phenoxy) is 1. The molecule has 0 aliphatic carbocycles. The monoisotopic (exact) mass is 419 g/mol. The Balaban J connectivity index is 1.86. The molecule has 1 aromatic heterocycles. The second-order valence-corrected chi connectivity index (χ2v) is 7.86. The quantitative estimate of drug-likeness (QED) is 0.662. The number of aliphatic hydroxyl groups excluding tert-OH is 1. The van der Waals surface area contributed by atoms with Gasteiger partial charge in [-0.3, -0.25) is 4.79 Å². The number of aliphatic hydroxyl groups is 1. The Kier molecular flexibility index (Phi) is 5.48. The molecule has 0 radical (unpaired) electrons. The smallest absolute Gasteiger partial charge is 0.275 e. The van der Waals surface area contributed by atoms with Gasteiger partial charge in [0.1, 0.15) is 10.6 Å². The maximum Gasteiger partial charge on any atom is 0.275 e. The van der Waals surface area contributed by atoms with E-state index in [0.717, 1.165) is 22.9 Å². The summed E-state index contributed by atoms with van der Waals surface area (Å²) < 4.78 is 73.8. The van der Waals surface area contributed by atoms with Crippen molar-refractivity contribution in [3.63, 3.8) is 0 Å². The largest absolute Gasteiger partial charge is 0.389 e. The molecule has 2 aromatic rings. The number of aromatic nitrogens is 1. The Morgan fingerprint density at radius 2 is 1.96 bits per heavy atom. The van der Waals surface area contributed by atoms with Gasteiger partial charge in [-0.2, -0.15) is 0 Å². The first-order chi connectivity index (χ1) is 13.1. The molecule has 28 heavy (non-hydrogen) atoms. The zero-order chi connectivity index (χ0) is 20.6. The van der Waals surface area contributed by atoms with Crippen LogP contribution in [0.25, 0.3) is 0 Å². The van der Waals surface area contributed by atoms with E-state index in [0.29, 0.717) is 6.07 Å². The van der Waals surface area contributed by atoms with Gasteiger partial charge in [0, 0.05) is 25.0 Å². The molecule has 3 N–H and O–H groups in total. The number of nitrogens with zero attached hydrogens (tertiary/aromatic N) is 1. The molecule has 2 atom stereocenters. The molecule has 152 valence electrons. The van der Waals surface area contributed by atoms with Crippen molar-refractivity contribution >= 4 is 21.6 Å². The molecule has 1 fully saturated rings. The van der Waals surface area contributed by atoms with E-state index in [1.165, 1.54) is 7.05 Å². The van der Waals surface area contributed by atoms with Crippen LogP contribution in [-0.2, 0) is 21.8 Å². The van der Waals surface area contributed by atoms with Gasteiger partial charge in [0.2, 0.25) is 10.0 Å². The summed E-state index contributed by atoms with van der Waals surface area (Å²) in [7, 11) is -3.16. The predicted octanol–water partition coefficient (Wildman–Crippen LogP) is 0.733. The summed E-state index contributed by atoms with van der Waals surface area (Å²) in [6, 6.07) is 1.59. The normalized spacial score (nSPS) is 19.8. The van der Waals surface area contributed by atoms with Gasteiger partial charge in [0.25, 0.3) is 5.91 Å². The minimum absolute atomic E-state index is 0.0632. The zero-order valence-corrected chi connectivity index (χ0v) is 15.3. The topological polar surface area (TPSA) is 110 Å². The molecule has 0 bridgehead atoms. The summed E-state index contributed by atoms with van der Waals surface area (Å²) in [5.74, 6) is -4.73. The van der Waals surface area contributed by atoms with Crippen molar-refractivity contribution in [1.29, 1.82) is 0 Å². The van der Waals surface area contributed by atoms with Crippen LogP contribution in [0.1, 0.15) is 10.5 Å². The summed E-state index contributed by atoms with van der Waals surface area (Å²) in [6.45, 7) is -0.148. The zero-order valence-electron chi connectivity index (χ0n) is 14.4. The molecule has 1 aliphatic heterocycles. The number of carbonyl (C=O) groups is 1. The summed E-state index contributed by atoms with van der Waals surface area (Å²) >= 11 is 0. The van der Waals surface area contributed by atoms with Gasteiger partial charge < -0.3 is 19.7 Å². The van der Waals surface area contributed by atoms with Gasteiger partial charge in [-0.25, -0.2) is 26.3 Å². The maximum absolute atomic E-state index is 14.7. The number of halogens is 3. The highest BCUT2D eigenvalue weighted by molar-refractivity contribution is 7.89. The summed E-state index contributed by atoms with van der Waals surface area (Å²) in [4.78, 5) is 11.5. The van der Waals surface area contributed by atoms with E-state index >= 15 is 0 Å². The Labute approximate surface area is 158 Å². The summed E-state index contributed by atoms with van der Waals surface area (Å²) in [5, 5.41) is 11.8. The molecule has 0 unspecified atom stereocenters. The van der Waals surface area contributed by atoms with Gasteiger partial charge >= 0.3 is 0 Å². The Morgan fingerprint density at radius 3 is 2.57 bits per heavy atom. The fraction of sp³-hybridized carbons (Fsp3) is 0.312. The number of carbonyl (C=O) groups excluding carboxylic acids is 1. The number of benzene rings is 1. The van der Waals surface area contributed by atoms with Gasteiger partial charge in [0.15, 0.2) is 17.5 Å². The molecular weight excluding hydrogens is 403 g/mol. The summed E-state index contributed by atoms with van der Waals surface area (Å²) in [6.07, 6.45) is -0.197. The standard InChI is InChI=1S/C16H16F3N3O5S/c1-22-5-13(28(25,26)21-11-6-27-7-12(11)23)14(19)15(22)16(24)20-8-2-3-9(17)10(18)4-8/h2-5,11-12,21,23H,6-7H2,1H3,(H,20,24)/t11-,12-/m1/s1. The lowest BCUT2D eigenvalue weighted by atomic mass is 10.2. The van der Waals surface area contributed by atoms with Crippen molar-refractivity contribution in [1.82, 2.24) is 9.29 Å². The first-order valence-corrected chi connectivity index (χ1v) is 9.48. The van der Waals surface area contributed by atoms with Crippen LogP contribution < -0.4 is 10.0 Å². The number of amides is 1. The van der Waals surface area contributed by atoms with Gasteiger partial charge in [-0.15, -0.1) is 0 Å². The second kappa shape index (κ2) is 7.54. The number of anilines is 1. The average Bonchev–Trinajstić information content (AvgIpc) is 3.14. The van der Waals surface area contributed by atoms with E-state index in [4.69, 9.17) is 4.74 Å². The lowest BCUT2D eigenvalue weighted by molar-refractivity contribution is 0.101. The highest BCUT2D eigenvalue weighted by Gasteiger charge is 2.34. The Bertz CT molecular complexity index is 1020. The molecule has 0 spiro atoms. The lowest BCUT2D eigenvalue weighted by Crippen LogP contribution is -2.42. The third kappa shape index (κ3) is 3.90. The highest BCUT2D eigenvalue weighted by atomic mass is 32.2. The second-order valence-electron chi connectivity index (χ2n) is 6.18. The lowest BCUT2D eigenvalue weighted by Gasteiger charge is -2.14. The maximum atomic E-state index is 14.7. The third-order valence-corrected chi connectivity index (χ3v) is 5.60. The average molecular weight is 419 g/mol. The van der Waals surface area contributed by atoms with Crippen molar-refractivity contribution in [2.75, 3.05) is 18.5 Å². The van der Waals surface area contributed by atoms with Gasteiger partial charge in [-0.05, 0) is 12.1 Å². The van der Waals surface area contributed by atoms with E-state index in [-0.39, 0.29) is 18.9 Å². The molecular formula is C16H16F3N3O5S. The molecule has 1 saturated heterocycles. The van der Waals surface area contributed by atoms with Crippen LogP contribution >= 0.6 is 0 Å². The molecule has 0 saturated carbocycles. The SMILES string of the molecule is Cn1cc(S(=O)(=O)N[C@@H]2COC[C@H]2O)c(F)c1C(=O)Nc1ccc(F)c(F)c1. The molecule has 8 nitrogen and oxygen atoms in total. The van der Waals surface area contributed by atoms with E-state index in [1.54, 1.807) is 0 Å². The Hall–Kier alpha value is -2.41. The number of hydrogen-bond donors (Lipinski definition) is 3. The fourth-order valence-electron chi connectivity index (χ4n) is 2.70. The number of nitrogens with one attached hydrogen (secondary N) is 2. The van der Waals surface area contributed by atoms with Crippen LogP contribution in [-0.4, -0.2) is 49.4 Å². The van der Waals surface area contributed by atoms with Crippen molar-refractivity contribution in [2.45, 2.75) is 17.0 Å². The van der Waals surface area contributed by atoms with E-state index in [9.17, 15) is 31.5 Å². The Morgan fingerprint density at radius 1 is 1.25 bits per heavy atom. The first-order valence-electron chi connectivity index (χ1n) is 7.99. The summed E-state index contributed by atoms with van der Waals surface area (Å²) in [5.41, 5.74) is -0.772. The molecule has 3 rings (SSSR count). The molecule has 1 aromatic carbocycles. The number of rotatable bonds is 5. The van der Waals surface area contributed by atoms with Crippen LogP contribution in [0.3, 0.4) is 0 Å². The number of hydrogen-bond acceptors (Lipinski definition) is 5.